The van der Waals surface area contributed by atoms with Crippen LogP contribution in [0.3, 0.4) is 0 Å². The van der Waals surface area contributed by atoms with Crippen LogP contribution in [0.25, 0.3) is 0 Å². The molecule has 0 heterocycles. The summed E-state index contributed by atoms with van der Waals surface area (Å²) in [6.45, 7) is 5.86. The summed E-state index contributed by atoms with van der Waals surface area (Å²) in [6, 6.07) is 5.44. The molecule has 1 rings (SSSR count). The van der Waals surface area contributed by atoms with Gasteiger partial charge in [-0.3, -0.25) is 0 Å². The van der Waals surface area contributed by atoms with Gasteiger partial charge in [-0.15, -0.1) is 0 Å². The van der Waals surface area contributed by atoms with Crippen molar-refractivity contribution in [3.63, 3.8) is 0 Å². The van der Waals surface area contributed by atoms with Gasteiger partial charge in [-0.2, -0.15) is 5.26 Å². The number of carbonyl (C=O) groups excluding carboxylic acids is 1. The first-order chi connectivity index (χ1) is 10.0. The van der Waals surface area contributed by atoms with Crippen LogP contribution in [0.15, 0.2) is 41.5 Å². The molecule has 0 bridgehead atoms. The molecule has 4 heteroatoms. The highest BCUT2D eigenvalue weighted by molar-refractivity contribution is 5.90. The lowest BCUT2D eigenvalue weighted by atomic mass is 10.1. The van der Waals surface area contributed by atoms with E-state index in [2.05, 4.69) is 0 Å². The molecule has 0 atom stereocenters. The highest BCUT2D eigenvalue weighted by Crippen LogP contribution is 2.18. The molecule has 0 aliphatic rings. The lowest BCUT2D eigenvalue weighted by Gasteiger charge is -2.06. The highest BCUT2D eigenvalue weighted by Gasteiger charge is 2.11. The van der Waals surface area contributed by atoms with Gasteiger partial charge in [-0.1, -0.05) is 31.6 Å². The monoisotopic (exact) mass is 287 g/mol. The zero-order valence-corrected chi connectivity index (χ0v) is 12.4. The lowest BCUT2D eigenvalue weighted by Crippen LogP contribution is -2.11. The molecule has 0 unspecified atom stereocenters. The van der Waals surface area contributed by atoms with Gasteiger partial charge in [-0.25, -0.2) is 9.18 Å². The molecule has 0 amide bonds. The molecule has 0 aliphatic heterocycles. The number of esters is 1. The Kier molecular flexibility index (Phi) is 6.35. The SMILES string of the molecule is CC/C(C)=C/C=C(\CC)C(=O)Oc1ccc(C#N)c(F)c1. The van der Waals surface area contributed by atoms with Crippen molar-refractivity contribution in [3.05, 3.63) is 52.9 Å². The van der Waals surface area contributed by atoms with Crippen molar-refractivity contribution in [2.45, 2.75) is 33.6 Å². The van der Waals surface area contributed by atoms with Crippen LogP contribution in [-0.4, -0.2) is 5.97 Å². The Hall–Kier alpha value is -2.41. The molecule has 21 heavy (non-hydrogen) atoms. The van der Waals surface area contributed by atoms with Gasteiger partial charge in [-0.05, 0) is 31.9 Å². The van der Waals surface area contributed by atoms with E-state index in [9.17, 15) is 9.18 Å². The third-order valence-corrected chi connectivity index (χ3v) is 3.04. The molecule has 1 aromatic carbocycles. The first kappa shape index (κ1) is 16.6. The van der Waals surface area contributed by atoms with Crippen molar-refractivity contribution in [1.82, 2.24) is 0 Å². The van der Waals surface area contributed by atoms with E-state index >= 15 is 0 Å². The molecule has 3 nitrogen and oxygen atoms in total. The summed E-state index contributed by atoms with van der Waals surface area (Å²) in [5, 5.41) is 8.65. The first-order valence-corrected chi connectivity index (χ1v) is 6.79. The van der Waals surface area contributed by atoms with E-state index in [4.69, 9.17) is 10.00 Å². The number of rotatable bonds is 5. The maximum Gasteiger partial charge on any atom is 0.339 e. The number of benzene rings is 1. The molecule has 0 fully saturated rings. The average molecular weight is 287 g/mol. The molecule has 0 aromatic heterocycles. The number of nitrogens with zero attached hydrogens (tertiary/aromatic N) is 1. The molecule has 0 radical (unpaired) electrons. The van der Waals surface area contributed by atoms with E-state index in [0.29, 0.717) is 12.0 Å². The first-order valence-electron chi connectivity index (χ1n) is 6.79. The summed E-state index contributed by atoms with van der Waals surface area (Å²) in [7, 11) is 0. The second-order valence-corrected chi connectivity index (χ2v) is 4.56. The number of allylic oxidation sites excluding steroid dienone is 3. The molecule has 110 valence electrons. The van der Waals surface area contributed by atoms with Crippen LogP contribution in [0.1, 0.15) is 39.2 Å². The van der Waals surface area contributed by atoms with E-state index in [1.54, 1.807) is 12.1 Å². The molecular weight excluding hydrogens is 269 g/mol. The minimum atomic E-state index is -0.702. The highest BCUT2D eigenvalue weighted by atomic mass is 19.1. The minimum Gasteiger partial charge on any atom is -0.423 e. The van der Waals surface area contributed by atoms with Gasteiger partial charge in [0.25, 0.3) is 0 Å². The smallest absolute Gasteiger partial charge is 0.339 e. The largest absolute Gasteiger partial charge is 0.423 e. The van der Waals surface area contributed by atoms with E-state index in [0.717, 1.165) is 18.1 Å². The Labute approximate surface area is 124 Å². The fourth-order valence-electron chi connectivity index (χ4n) is 1.51. The van der Waals surface area contributed by atoms with Crippen molar-refractivity contribution < 1.29 is 13.9 Å². The second-order valence-electron chi connectivity index (χ2n) is 4.56. The Morgan fingerprint density at radius 2 is 2.05 bits per heavy atom. The Bertz CT molecular complexity index is 624. The van der Waals surface area contributed by atoms with Crippen LogP contribution in [-0.2, 0) is 4.79 Å². The molecule has 0 aliphatic carbocycles. The average Bonchev–Trinajstić information content (AvgIpc) is 2.47. The van der Waals surface area contributed by atoms with Crippen LogP contribution in [0, 0.1) is 17.1 Å². The van der Waals surface area contributed by atoms with Gasteiger partial charge < -0.3 is 4.74 Å². The number of hydrogen-bond acceptors (Lipinski definition) is 3. The number of ether oxygens (including phenoxy) is 1. The molecule has 1 aromatic rings. The Morgan fingerprint density at radius 3 is 2.57 bits per heavy atom. The van der Waals surface area contributed by atoms with Crippen molar-refractivity contribution >= 4 is 5.97 Å². The zero-order chi connectivity index (χ0) is 15.8. The standard InChI is InChI=1S/C17H18FNO2/c1-4-12(3)6-7-13(5-2)17(20)21-15-9-8-14(11-19)16(18)10-15/h6-10H,4-5H2,1-3H3/b12-6+,13-7+. The summed E-state index contributed by atoms with van der Waals surface area (Å²) in [4.78, 5) is 12.0. The topological polar surface area (TPSA) is 50.1 Å². The maximum atomic E-state index is 13.4. The Balaban J connectivity index is 2.89. The Morgan fingerprint density at radius 1 is 1.33 bits per heavy atom. The van der Waals surface area contributed by atoms with Crippen LogP contribution in [0.5, 0.6) is 5.75 Å². The van der Waals surface area contributed by atoms with Gasteiger partial charge in [0.15, 0.2) is 0 Å². The molecule has 0 saturated carbocycles. The van der Waals surface area contributed by atoms with Crippen molar-refractivity contribution in [2.75, 3.05) is 0 Å². The molecular formula is C17H18FNO2. The summed E-state index contributed by atoms with van der Waals surface area (Å²) in [6.07, 6.45) is 5.02. The van der Waals surface area contributed by atoms with Crippen LogP contribution >= 0.6 is 0 Å². The van der Waals surface area contributed by atoms with Gasteiger partial charge in [0.1, 0.15) is 17.6 Å². The predicted molar refractivity (Wildman–Crippen MR) is 79.2 cm³/mol. The van der Waals surface area contributed by atoms with Crippen LogP contribution in [0.4, 0.5) is 4.39 Å². The van der Waals surface area contributed by atoms with Gasteiger partial charge >= 0.3 is 5.97 Å². The molecule has 0 spiro atoms. The van der Waals surface area contributed by atoms with Gasteiger partial charge in [0.2, 0.25) is 0 Å². The van der Waals surface area contributed by atoms with Crippen molar-refractivity contribution in [1.29, 1.82) is 5.26 Å². The van der Waals surface area contributed by atoms with Crippen molar-refractivity contribution in [2.24, 2.45) is 0 Å². The maximum absolute atomic E-state index is 13.4. The zero-order valence-electron chi connectivity index (χ0n) is 12.4. The van der Waals surface area contributed by atoms with E-state index in [1.165, 1.54) is 12.1 Å². The number of nitriles is 1. The molecule has 0 saturated heterocycles. The predicted octanol–water partition coefficient (Wildman–Crippen LogP) is 4.30. The normalized spacial score (nSPS) is 12.0. The summed E-state index contributed by atoms with van der Waals surface area (Å²) in [5.41, 5.74) is 1.58. The number of halogens is 1. The fraction of sp³-hybridized carbons (Fsp3) is 0.294. The summed E-state index contributed by atoms with van der Waals surface area (Å²) >= 11 is 0. The van der Waals surface area contributed by atoms with Crippen LogP contribution in [0.2, 0.25) is 0 Å². The third kappa shape index (κ3) is 4.88. The van der Waals surface area contributed by atoms with E-state index in [1.807, 2.05) is 26.8 Å². The number of carbonyl (C=O) groups is 1. The second kappa shape index (κ2) is 8.01. The fourth-order valence-corrected chi connectivity index (χ4v) is 1.51. The summed E-state index contributed by atoms with van der Waals surface area (Å²) in [5.74, 6) is -1.12. The third-order valence-electron chi connectivity index (χ3n) is 3.04. The van der Waals surface area contributed by atoms with E-state index < -0.39 is 11.8 Å². The minimum absolute atomic E-state index is 0.0810. The quantitative estimate of drug-likeness (QED) is 0.351. The number of hydrogen-bond donors (Lipinski definition) is 0. The summed E-state index contributed by atoms with van der Waals surface area (Å²) < 4.78 is 18.6. The molecule has 0 N–H and O–H groups in total. The van der Waals surface area contributed by atoms with Gasteiger partial charge in [0, 0.05) is 11.6 Å². The lowest BCUT2D eigenvalue weighted by molar-refractivity contribution is -0.130. The van der Waals surface area contributed by atoms with Gasteiger partial charge in [0.05, 0.1) is 5.56 Å². The van der Waals surface area contributed by atoms with Crippen molar-refractivity contribution in [3.8, 4) is 11.8 Å². The van der Waals surface area contributed by atoms with E-state index in [-0.39, 0.29) is 11.3 Å². The van der Waals surface area contributed by atoms with Crippen LogP contribution < -0.4 is 4.74 Å².